The van der Waals surface area contributed by atoms with Crippen molar-refractivity contribution in [2.45, 2.75) is 19.9 Å². The molecule has 0 radical (unpaired) electrons. The van der Waals surface area contributed by atoms with E-state index in [9.17, 15) is 14.4 Å². The molecule has 10 nitrogen and oxygen atoms in total. The molecule has 0 saturated heterocycles. The van der Waals surface area contributed by atoms with Crippen molar-refractivity contribution in [3.05, 3.63) is 105 Å². The molecule has 186 valence electrons. The second-order valence-corrected chi connectivity index (χ2v) is 8.78. The number of hydrogen-bond acceptors (Lipinski definition) is 7. The summed E-state index contributed by atoms with van der Waals surface area (Å²) in [4.78, 5) is 47.7. The highest BCUT2D eigenvalue weighted by atomic mass is 16.4. The number of aromatic nitrogens is 3. The van der Waals surface area contributed by atoms with Gasteiger partial charge in [-0.2, -0.15) is 0 Å². The highest BCUT2D eigenvalue weighted by Gasteiger charge is 2.23. The number of nitrogens with one attached hydrogen (secondary N) is 1. The number of nitrogens with two attached hydrogens (primary N) is 1. The second-order valence-electron chi connectivity index (χ2n) is 8.78. The lowest BCUT2D eigenvalue weighted by Crippen LogP contribution is -2.37. The zero-order chi connectivity index (χ0) is 26.1. The topological polar surface area (TPSA) is 143 Å². The van der Waals surface area contributed by atoms with Crippen LogP contribution in [0.1, 0.15) is 37.5 Å². The Morgan fingerprint density at radius 2 is 1.84 bits per heavy atom. The SMILES string of the molecule is Cc1ccn(-c2ccc(NC(=O)c3cccc(C(=O)O)c3)cc2)c(=O)c1N1CCc2nc(N)ncc2C1. The summed E-state index contributed by atoms with van der Waals surface area (Å²) in [5.74, 6) is -1.28. The maximum atomic E-state index is 13.5. The first-order valence-corrected chi connectivity index (χ1v) is 11.6. The van der Waals surface area contributed by atoms with Crippen LogP contribution in [0.3, 0.4) is 0 Å². The number of benzene rings is 2. The molecular formula is C27H24N6O4. The van der Waals surface area contributed by atoms with Crippen molar-refractivity contribution >= 4 is 29.2 Å². The number of amides is 1. The van der Waals surface area contributed by atoms with Gasteiger partial charge in [-0.05, 0) is 61.0 Å². The zero-order valence-electron chi connectivity index (χ0n) is 20.0. The Bertz CT molecular complexity index is 1580. The van der Waals surface area contributed by atoms with Crippen molar-refractivity contribution in [1.82, 2.24) is 14.5 Å². The van der Waals surface area contributed by atoms with Crippen LogP contribution in [-0.2, 0) is 13.0 Å². The van der Waals surface area contributed by atoms with Gasteiger partial charge >= 0.3 is 5.97 Å². The Balaban J connectivity index is 1.37. The van der Waals surface area contributed by atoms with E-state index in [1.165, 1.54) is 18.2 Å². The number of carboxylic acids is 1. The maximum absolute atomic E-state index is 13.5. The molecule has 3 heterocycles. The number of carbonyl (C=O) groups excluding carboxylic acids is 1. The van der Waals surface area contributed by atoms with Crippen LogP contribution in [0.25, 0.3) is 5.69 Å². The molecule has 0 saturated carbocycles. The van der Waals surface area contributed by atoms with Gasteiger partial charge < -0.3 is 21.1 Å². The molecule has 2 aromatic heterocycles. The molecule has 37 heavy (non-hydrogen) atoms. The summed E-state index contributed by atoms with van der Waals surface area (Å²) in [6, 6.07) is 14.6. The summed E-state index contributed by atoms with van der Waals surface area (Å²) in [6.45, 7) is 3.06. The third-order valence-corrected chi connectivity index (χ3v) is 6.31. The number of carbonyl (C=O) groups is 2. The Morgan fingerprint density at radius 3 is 2.59 bits per heavy atom. The highest BCUT2D eigenvalue weighted by molar-refractivity contribution is 6.05. The van der Waals surface area contributed by atoms with Gasteiger partial charge in [-0.15, -0.1) is 0 Å². The lowest BCUT2D eigenvalue weighted by atomic mass is 10.1. The number of hydrogen-bond donors (Lipinski definition) is 3. The number of fused-ring (bicyclic) bond motifs is 1. The van der Waals surface area contributed by atoms with E-state index in [4.69, 9.17) is 10.8 Å². The minimum absolute atomic E-state index is 0.0337. The molecule has 0 bridgehead atoms. The van der Waals surface area contributed by atoms with Crippen LogP contribution in [-0.4, -0.2) is 38.1 Å². The fraction of sp³-hybridized carbons (Fsp3) is 0.148. The van der Waals surface area contributed by atoms with Gasteiger partial charge in [-0.3, -0.25) is 14.2 Å². The lowest BCUT2D eigenvalue weighted by molar-refractivity contribution is 0.0697. The number of pyridine rings is 1. The van der Waals surface area contributed by atoms with Gasteiger partial charge in [0.05, 0.1) is 11.3 Å². The van der Waals surface area contributed by atoms with Crippen LogP contribution < -0.4 is 21.5 Å². The number of nitrogen functional groups attached to an aromatic ring is 1. The molecule has 0 aliphatic carbocycles. The van der Waals surface area contributed by atoms with Crippen molar-refractivity contribution in [2.24, 2.45) is 0 Å². The minimum atomic E-state index is -1.10. The van der Waals surface area contributed by atoms with Gasteiger partial charge in [0.15, 0.2) is 0 Å². The third kappa shape index (κ3) is 4.76. The third-order valence-electron chi connectivity index (χ3n) is 6.31. The quantitative estimate of drug-likeness (QED) is 0.383. The molecule has 0 spiro atoms. The number of anilines is 3. The Kier molecular flexibility index (Phi) is 6.14. The monoisotopic (exact) mass is 496 g/mol. The molecule has 2 aromatic carbocycles. The number of nitrogens with zero attached hydrogens (tertiary/aromatic N) is 4. The molecule has 1 aliphatic heterocycles. The minimum Gasteiger partial charge on any atom is -0.478 e. The zero-order valence-corrected chi connectivity index (χ0v) is 20.0. The van der Waals surface area contributed by atoms with E-state index in [-0.39, 0.29) is 22.6 Å². The van der Waals surface area contributed by atoms with Gasteiger partial charge in [0.25, 0.3) is 11.5 Å². The smallest absolute Gasteiger partial charge is 0.335 e. The summed E-state index contributed by atoms with van der Waals surface area (Å²) in [5.41, 5.74) is 10.3. The van der Waals surface area contributed by atoms with Crippen LogP contribution in [0.4, 0.5) is 17.3 Å². The standard InChI is InChI=1S/C27H24N6O4/c1-16-9-12-33(25(35)23(16)32-11-10-22-19(15-32)14-29-27(28)31-22)21-7-5-20(6-8-21)30-24(34)17-3-2-4-18(13-17)26(36)37/h2-9,12-14H,10-11,15H2,1H3,(H,30,34)(H,36,37)(H2,28,29,31). The van der Waals surface area contributed by atoms with Crippen LogP contribution in [0.2, 0.25) is 0 Å². The summed E-state index contributed by atoms with van der Waals surface area (Å²) < 4.78 is 1.57. The second kappa shape index (κ2) is 9.57. The van der Waals surface area contributed by atoms with Crippen LogP contribution in [0.5, 0.6) is 0 Å². The number of aromatic carboxylic acids is 1. The maximum Gasteiger partial charge on any atom is 0.335 e. The van der Waals surface area contributed by atoms with Crippen LogP contribution >= 0.6 is 0 Å². The molecule has 0 fully saturated rings. The van der Waals surface area contributed by atoms with Crippen molar-refractivity contribution in [3.8, 4) is 5.69 Å². The van der Waals surface area contributed by atoms with Gasteiger partial charge in [0.1, 0.15) is 5.69 Å². The first kappa shape index (κ1) is 23.7. The van der Waals surface area contributed by atoms with Gasteiger partial charge in [-0.1, -0.05) is 6.07 Å². The van der Waals surface area contributed by atoms with Crippen molar-refractivity contribution in [3.63, 3.8) is 0 Å². The fourth-order valence-corrected chi connectivity index (χ4v) is 4.43. The summed E-state index contributed by atoms with van der Waals surface area (Å²) in [5, 5.41) is 11.9. The van der Waals surface area contributed by atoms with E-state index in [0.29, 0.717) is 36.6 Å². The number of carboxylic acid groups (broad SMARTS) is 1. The number of rotatable bonds is 5. The Hall–Kier alpha value is -4.99. The average molecular weight is 497 g/mol. The molecule has 5 rings (SSSR count). The predicted molar refractivity (Wildman–Crippen MR) is 139 cm³/mol. The van der Waals surface area contributed by atoms with E-state index in [0.717, 1.165) is 16.8 Å². The normalized spacial score (nSPS) is 12.6. The van der Waals surface area contributed by atoms with Gasteiger partial charge in [0.2, 0.25) is 5.95 Å². The first-order chi connectivity index (χ1) is 17.8. The largest absolute Gasteiger partial charge is 0.478 e. The molecule has 4 aromatic rings. The Morgan fingerprint density at radius 1 is 1.08 bits per heavy atom. The van der Waals surface area contributed by atoms with Gasteiger partial charge in [0, 0.05) is 54.4 Å². The molecular weight excluding hydrogens is 472 g/mol. The fourth-order valence-electron chi connectivity index (χ4n) is 4.43. The Labute approximate surface area is 212 Å². The molecule has 0 unspecified atom stereocenters. The highest BCUT2D eigenvalue weighted by Crippen LogP contribution is 2.24. The van der Waals surface area contributed by atoms with E-state index < -0.39 is 11.9 Å². The van der Waals surface area contributed by atoms with Crippen LogP contribution in [0, 0.1) is 6.92 Å². The van der Waals surface area contributed by atoms with Crippen molar-refractivity contribution in [1.29, 1.82) is 0 Å². The van der Waals surface area contributed by atoms with Crippen LogP contribution in [0.15, 0.2) is 71.8 Å². The van der Waals surface area contributed by atoms with E-state index in [1.807, 2.05) is 17.9 Å². The molecule has 1 aliphatic rings. The van der Waals surface area contributed by atoms with Crippen molar-refractivity contribution < 1.29 is 14.7 Å². The summed E-state index contributed by atoms with van der Waals surface area (Å²) in [7, 11) is 0. The predicted octanol–water partition coefficient (Wildman–Crippen LogP) is 3.03. The van der Waals surface area contributed by atoms with E-state index in [2.05, 4.69) is 15.3 Å². The van der Waals surface area contributed by atoms with E-state index in [1.54, 1.807) is 47.3 Å². The average Bonchev–Trinajstić information content (AvgIpc) is 2.89. The molecule has 4 N–H and O–H groups in total. The van der Waals surface area contributed by atoms with Gasteiger partial charge in [-0.25, -0.2) is 14.8 Å². The molecule has 10 heteroatoms. The lowest BCUT2D eigenvalue weighted by Gasteiger charge is -2.30. The number of aryl methyl sites for hydroxylation is 1. The summed E-state index contributed by atoms with van der Waals surface area (Å²) in [6.07, 6.45) is 4.11. The van der Waals surface area contributed by atoms with E-state index >= 15 is 0 Å². The summed E-state index contributed by atoms with van der Waals surface area (Å²) >= 11 is 0. The first-order valence-electron chi connectivity index (χ1n) is 11.6. The molecule has 0 atom stereocenters. The molecule has 1 amide bonds. The van der Waals surface area contributed by atoms with Crippen molar-refractivity contribution in [2.75, 3.05) is 22.5 Å².